The standard InChI is InChI=1S/C26H28N2O4/c1-3-4-17-22(26(31)32-2)27-24(29)21-16-11-18-28(25(21)30)23(19-12-7-5-8-13-19)20-14-9-6-10-15-20/h5-16,18,22-23H,3-4,17H2,1-2H3,(H,27,29)/t22-/m0/s1. The molecular weight excluding hydrogens is 404 g/mol. The van der Waals surface area contributed by atoms with E-state index in [0.717, 1.165) is 24.0 Å². The van der Waals surface area contributed by atoms with Gasteiger partial charge in [0.25, 0.3) is 11.5 Å². The van der Waals surface area contributed by atoms with Crippen LogP contribution in [0.3, 0.4) is 0 Å². The van der Waals surface area contributed by atoms with Crippen molar-refractivity contribution in [3.63, 3.8) is 0 Å². The predicted molar refractivity (Wildman–Crippen MR) is 124 cm³/mol. The molecule has 1 N–H and O–H groups in total. The summed E-state index contributed by atoms with van der Waals surface area (Å²) >= 11 is 0. The van der Waals surface area contributed by atoms with Crippen molar-refractivity contribution in [3.8, 4) is 0 Å². The topological polar surface area (TPSA) is 77.4 Å². The van der Waals surface area contributed by atoms with Crippen molar-refractivity contribution in [2.75, 3.05) is 7.11 Å². The van der Waals surface area contributed by atoms with Gasteiger partial charge in [-0.1, -0.05) is 80.4 Å². The third-order valence-electron chi connectivity index (χ3n) is 5.37. The molecule has 0 radical (unpaired) electrons. The Morgan fingerprint density at radius 1 is 0.938 bits per heavy atom. The first kappa shape index (κ1) is 23.0. The Labute approximate surface area is 187 Å². The molecule has 3 aromatic rings. The Balaban J connectivity index is 2.00. The Bertz CT molecular complexity index is 1050. The summed E-state index contributed by atoms with van der Waals surface area (Å²) < 4.78 is 6.37. The zero-order valence-electron chi connectivity index (χ0n) is 18.4. The average Bonchev–Trinajstić information content (AvgIpc) is 2.83. The molecule has 3 rings (SSSR count). The van der Waals surface area contributed by atoms with Crippen LogP contribution < -0.4 is 10.9 Å². The van der Waals surface area contributed by atoms with E-state index in [1.165, 1.54) is 13.2 Å². The number of rotatable bonds is 9. The molecule has 0 fully saturated rings. The van der Waals surface area contributed by atoms with E-state index in [9.17, 15) is 14.4 Å². The van der Waals surface area contributed by atoms with Gasteiger partial charge in [0.2, 0.25) is 0 Å². The van der Waals surface area contributed by atoms with Crippen LogP contribution in [-0.4, -0.2) is 29.6 Å². The van der Waals surface area contributed by atoms with Crippen molar-refractivity contribution >= 4 is 11.9 Å². The number of aromatic nitrogens is 1. The van der Waals surface area contributed by atoms with Gasteiger partial charge in [0.05, 0.1) is 13.2 Å². The van der Waals surface area contributed by atoms with Crippen molar-refractivity contribution < 1.29 is 14.3 Å². The van der Waals surface area contributed by atoms with Gasteiger partial charge < -0.3 is 14.6 Å². The second-order valence-corrected chi connectivity index (χ2v) is 7.55. The molecule has 6 nitrogen and oxygen atoms in total. The summed E-state index contributed by atoms with van der Waals surface area (Å²) in [6.45, 7) is 2.00. The first-order valence-electron chi connectivity index (χ1n) is 10.8. The first-order chi connectivity index (χ1) is 15.6. The maximum atomic E-state index is 13.4. The van der Waals surface area contributed by atoms with Gasteiger partial charge in [-0.2, -0.15) is 0 Å². The summed E-state index contributed by atoms with van der Waals surface area (Å²) in [6, 6.07) is 21.3. The van der Waals surface area contributed by atoms with Gasteiger partial charge in [0, 0.05) is 6.20 Å². The number of amides is 1. The van der Waals surface area contributed by atoms with Gasteiger partial charge in [-0.3, -0.25) is 9.59 Å². The van der Waals surface area contributed by atoms with Crippen LogP contribution in [0.1, 0.15) is 53.7 Å². The zero-order chi connectivity index (χ0) is 22.9. The number of carbonyl (C=O) groups is 2. The summed E-state index contributed by atoms with van der Waals surface area (Å²) in [4.78, 5) is 38.5. The first-order valence-corrected chi connectivity index (χ1v) is 10.8. The monoisotopic (exact) mass is 432 g/mol. The Morgan fingerprint density at radius 3 is 2.06 bits per heavy atom. The zero-order valence-corrected chi connectivity index (χ0v) is 18.4. The van der Waals surface area contributed by atoms with Crippen LogP contribution in [0.4, 0.5) is 0 Å². The maximum Gasteiger partial charge on any atom is 0.328 e. The third kappa shape index (κ3) is 5.32. The van der Waals surface area contributed by atoms with Gasteiger partial charge in [-0.05, 0) is 29.7 Å². The van der Waals surface area contributed by atoms with E-state index < -0.39 is 29.5 Å². The molecule has 0 saturated carbocycles. The number of carbonyl (C=O) groups excluding carboxylic acids is 2. The van der Waals surface area contributed by atoms with E-state index >= 15 is 0 Å². The summed E-state index contributed by atoms with van der Waals surface area (Å²) in [6.07, 6.45) is 3.76. The predicted octanol–water partition coefficient (Wildman–Crippen LogP) is 3.95. The van der Waals surface area contributed by atoms with E-state index in [2.05, 4.69) is 5.32 Å². The molecule has 0 spiro atoms. The lowest BCUT2D eigenvalue weighted by Gasteiger charge is -2.22. The molecule has 1 heterocycles. The highest BCUT2D eigenvalue weighted by atomic mass is 16.5. The minimum Gasteiger partial charge on any atom is -0.467 e. The van der Waals surface area contributed by atoms with E-state index in [-0.39, 0.29) is 5.56 Å². The summed E-state index contributed by atoms with van der Waals surface area (Å²) in [5.41, 5.74) is 1.40. The number of hydrogen-bond acceptors (Lipinski definition) is 4. The molecule has 32 heavy (non-hydrogen) atoms. The smallest absolute Gasteiger partial charge is 0.328 e. The molecule has 166 valence electrons. The van der Waals surface area contributed by atoms with E-state index in [1.54, 1.807) is 16.8 Å². The average molecular weight is 433 g/mol. The lowest BCUT2D eigenvalue weighted by atomic mass is 9.98. The highest BCUT2D eigenvalue weighted by Crippen LogP contribution is 2.25. The number of benzene rings is 2. The maximum absolute atomic E-state index is 13.4. The lowest BCUT2D eigenvalue weighted by Crippen LogP contribution is -2.44. The molecule has 2 aromatic carbocycles. The minimum absolute atomic E-state index is 0.0187. The fourth-order valence-electron chi connectivity index (χ4n) is 3.71. The number of nitrogens with zero attached hydrogens (tertiary/aromatic N) is 1. The largest absolute Gasteiger partial charge is 0.467 e. The van der Waals surface area contributed by atoms with Crippen LogP contribution in [0, 0.1) is 0 Å². The molecule has 0 saturated heterocycles. The molecule has 0 aliphatic heterocycles. The fourth-order valence-corrected chi connectivity index (χ4v) is 3.71. The fraction of sp³-hybridized carbons (Fsp3) is 0.269. The van der Waals surface area contributed by atoms with Crippen LogP contribution in [0.5, 0.6) is 0 Å². The second-order valence-electron chi connectivity index (χ2n) is 7.55. The summed E-state index contributed by atoms with van der Waals surface area (Å²) in [5.74, 6) is -1.11. The quantitative estimate of drug-likeness (QED) is 0.520. The molecule has 1 atom stereocenters. The molecule has 0 aliphatic carbocycles. The highest BCUT2D eigenvalue weighted by Gasteiger charge is 2.25. The van der Waals surface area contributed by atoms with E-state index in [1.807, 2.05) is 67.6 Å². The molecule has 6 heteroatoms. The van der Waals surface area contributed by atoms with Gasteiger partial charge in [0.1, 0.15) is 11.6 Å². The normalized spacial score (nSPS) is 11.7. The van der Waals surface area contributed by atoms with E-state index in [0.29, 0.717) is 6.42 Å². The highest BCUT2D eigenvalue weighted by molar-refractivity contribution is 5.96. The number of hydrogen-bond donors (Lipinski definition) is 1. The summed E-state index contributed by atoms with van der Waals surface area (Å²) in [5, 5.41) is 2.68. The summed E-state index contributed by atoms with van der Waals surface area (Å²) in [7, 11) is 1.28. The van der Waals surface area contributed by atoms with Gasteiger partial charge >= 0.3 is 5.97 Å². The van der Waals surface area contributed by atoms with Crippen molar-refractivity contribution in [1.29, 1.82) is 0 Å². The Kier molecular flexibility index (Phi) is 7.97. The number of esters is 1. The van der Waals surface area contributed by atoms with E-state index in [4.69, 9.17) is 4.74 Å². The number of methoxy groups -OCH3 is 1. The number of ether oxygens (including phenoxy) is 1. The number of unbranched alkanes of at least 4 members (excludes halogenated alkanes) is 1. The minimum atomic E-state index is -0.792. The van der Waals surface area contributed by atoms with Crippen molar-refractivity contribution in [2.45, 2.75) is 38.3 Å². The van der Waals surface area contributed by atoms with Crippen LogP contribution >= 0.6 is 0 Å². The number of pyridine rings is 1. The lowest BCUT2D eigenvalue weighted by molar-refractivity contribution is -0.143. The van der Waals surface area contributed by atoms with Crippen LogP contribution in [0.25, 0.3) is 0 Å². The molecule has 1 aromatic heterocycles. The molecule has 0 bridgehead atoms. The van der Waals surface area contributed by atoms with Gasteiger partial charge in [-0.15, -0.1) is 0 Å². The SMILES string of the molecule is CCCC[C@H](NC(=O)c1cccn(C(c2ccccc2)c2ccccc2)c1=O)C(=O)OC. The van der Waals surface area contributed by atoms with Crippen molar-refractivity contribution in [2.24, 2.45) is 0 Å². The molecule has 0 unspecified atom stereocenters. The van der Waals surface area contributed by atoms with Gasteiger partial charge in [0.15, 0.2) is 0 Å². The third-order valence-corrected chi connectivity index (χ3v) is 5.37. The van der Waals surface area contributed by atoms with Crippen molar-refractivity contribution in [3.05, 3.63) is 106 Å². The molecular formula is C26H28N2O4. The van der Waals surface area contributed by atoms with Gasteiger partial charge in [-0.25, -0.2) is 4.79 Å². The molecule has 1 amide bonds. The number of nitrogens with one attached hydrogen (secondary N) is 1. The molecule has 0 aliphatic rings. The van der Waals surface area contributed by atoms with Crippen LogP contribution in [0.2, 0.25) is 0 Å². The van der Waals surface area contributed by atoms with Crippen LogP contribution in [0.15, 0.2) is 83.8 Å². The Morgan fingerprint density at radius 2 is 1.53 bits per heavy atom. The van der Waals surface area contributed by atoms with Crippen molar-refractivity contribution in [1.82, 2.24) is 9.88 Å². The van der Waals surface area contributed by atoms with Crippen LogP contribution in [-0.2, 0) is 9.53 Å². The second kappa shape index (κ2) is 11.1. The Hall–Kier alpha value is -3.67.